The Kier molecular flexibility index (Phi) is 3.75. The smallest absolute Gasteiger partial charge is 0.419 e. The Morgan fingerprint density at radius 2 is 2.00 bits per heavy atom. The molecule has 1 aromatic carbocycles. The molecule has 0 spiro atoms. The van der Waals surface area contributed by atoms with Crippen LogP contribution in [-0.2, 0) is 11.0 Å². The second kappa shape index (κ2) is 4.73. The van der Waals surface area contributed by atoms with E-state index in [4.69, 9.17) is 5.11 Å². The molecule has 1 aromatic rings. The number of rotatable bonds is 3. The van der Waals surface area contributed by atoms with Crippen molar-refractivity contribution in [1.82, 2.24) is 0 Å². The molecular weight excluding hydrogens is 240 g/mol. The molecule has 0 amide bonds. The molecule has 0 aromatic heterocycles. The maximum Gasteiger partial charge on any atom is 0.419 e. The summed E-state index contributed by atoms with van der Waals surface area (Å²) in [6, 6.07) is 2.53. The number of carboxylic acids is 1. The Labute approximate surface area is 94.9 Å². The van der Waals surface area contributed by atoms with Gasteiger partial charge in [0.25, 0.3) is 0 Å². The third-order valence-corrected chi connectivity index (χ3v) is 2.35. The van der Waals surface area contributed by atoms with Gasteiger partial charge in [-0.15, -0.1) is 0 Å². The first-order valence-electron chi connectivity index (χ1n) is 4.80. The van der Waals surface area contributed by atoms with Crippen molar-refractivity contribution < 1.29 is 27.5 Å². The fraction of sp³-hybridized carbons (Fsp3) is 0.364. The molecule has 1 atom stereocenters. The van der Waals surface area contributed by atoms with Crippen LogP contribution < -0.4 is 0 Å². The van der Waals surface area contributed by atoms with Gasteiger partial charge >= 0.3 is 12.1 Å². The van der Waals surface area contributed by atoms with Crippen molar-refractivity contribution in [2.45, 2.75) is 25.4 Å². The predicted molar refractivity (Wildman–Crippen MR) is 52.1 cm³/mol. The number of hydrogen-bond acceptors (Lipinski definition) is 1. The van der Waals surface area contributed by atoms with E-state index in [1.54, 1.807) is 0 Å². The zero-order valence-corrected chi connectivity index (χ0v) is 8.88. The van der Waals surface area contributed by atoms with Crippen molar-refractivity contribution in [3.8, 4) is 0 Å². The molecule has 0 bridgehead atoms. The van der Waals surface area contributed by atoms with Gasteiger partial charge in [0.1, 0.15) is 5.82 Å². The van der Waals surface area contributed by atoms with Crippen molar-refractivity contribution in [2.75, 3.05) is 0 Å². The molecule has 0 aliphatic rings. The van der Waals surface area contributed by atoms with Crippen LogP contribution >= 0.6 is 0 Å². The number of carboxylic acid groups (broad SMARTS) is 1. The van der Waals surface area contributed by atoms with Gasteiger partial charge in [0.15, 0.2) is 0 Å². The largest absolute Gasteiger partial charge is 0.481 e. The minimum Gasteiger partial charge on any atom is -0.481 e. The Morgan fingerprint density at radius 3 is 2.47 bits per heavy atom. The van der Waals surface area contributed by atoms with Gasteiger partial charge in [0.2, 0.25) is 0 Å². The molecule has 0 saturated carbocycles. The zero-order chi connectivity index (χ0) is 13.2. The summed E-state index contributed by atoms with van der Waals surface area (Å²) < 4.78 is 50.2. The zero-order valence-electron chi connectivity index (χ0n) is 8.88. The second-order valence-corrected chi connectivity index (χ2v) is 3.74. The lowest BCUT2D eigenvalue weighted by Crippen LogP contribution is -2.10. The van der Waals surface area contributed by atoms with Crippen LogP contribution in [0.3, 0.4) is 0 Å². The first-order valence-corrected chi connectivity index (χ1v) is 4.80. The van der Waals surface area contributed by atoms with Gasteiger partial charge in [0.05, 0.1) is 12.0 Å². The molecule has 94 valence electrons. The van der Waals surface area contributed by atoms with Crippen molar-refractivity contribution in [3.63, 3.8) is 0 Å². The molecule has 1 unspecified atom stereocenters. The van der Waals surface area contributed by atoms with Gasteiger partial charge in [-0.1, -0.05) is 13.0 Å². The summed E-state index contributed by atoms with van der Waals surface area (Å²) in [5.41, 5.74) is -1.21. The highest BCUT2D eigenvalue weighted by molar-refractivity contribution is 5.68. The third-order valence-electron chi connectivity index (χ3n) is 2.35. The lowest BCUT2D eigenvalue weighted by Gasteiger charge is -2.13. The summed E-state index contributed by atoms with van der Waals surface area (Å²) in [6.07, 6.45) is -5.08. The van der Waals surface area contributed by atoms with E-state index in [1.807, 2.05) is 0 Å². The number of halogens is 4. The maximum atomic E-state index is 13.0. The quantitative estimate of drug-likeness (QED) is 0.834. The van der Waals surface area contributed by atoms with E-state index in [-0.39, 0.29) is 12.0 Å². The molecule has 0 radical (unpaired) electrons. The van der Waals surface area contributed by atoms with Crippen molar-refractivity contribution in [3.05, 3.63) is 35.1 Å². The van der Waals surface area contributed by atoms with Gasteiger partial charge in [-0.3, -0.25) is 4.79 Å². The normalized spacial score (nSPS) is 13.5. The van der Waals surface area contributed by atoms with Gasteiger partial charge in [0, 0.05) is 0 Å². The molecule has 1 rings (SSSR count). The first-order chi connectivity index (χ1) is 7.71. The Morgan fingerprint density at radius 1 is 1.41 bits per heavy atom. The van der Waals surface area contributed by atoms with Gasteiger partial charge < -0.3 is 5.11 Å². The molecule has 0 aliphatic heterocycles. The second-order valence-electron chi connectivity index (χ2n) is 3.74. The van der Waals surface area contributed by atoms with Crippen LogP contribution in [0.25, 0.3) is 0 Å². The monoisotopic (exact) mass is 250 g/mol. The molecule has 0 saturated heterocycles. The van der Waals surface area contributed by atoms with Crippen LogP contribution in [0.2, 0.25) is 0 Å². The number of alkyl halides is 3. The lowest BCUT2D eigenvalue weighted by molar-refractivity contribution is -0.140. The molecule has 0 heterocycles. The summed E-state index contributed by atoms with van der Waals surface area (Å²) in [4.78, 5) is 10.4. The minimum atomic E-state index is -4.77. The maximum absolute atomic E-state index is 13.0. The van der Waals surface area contributed by atoms with Gasteiger partial charge in [-0.05, 0) is 23.6 Å². The molecule has 1 N–H and O–H groups in total. The standard InChI is InChI=1S/C11H10F4O2/c1-6(4-10(16)17)7-2-3-9(12)8(5-7)11(13,14)15/h2-3,5-6H,4H2,1H3,(H,16,17). The van der Waals surface area contributed by atoms with Crippen LogP contribution in [0.4, 0.5) is 17.6 Å². The van der Waals surface area contributed by atoms with E-state index in [9.17, 15) is 22.4 Å². The van der Waals surface area contributed by atoms with E-state index in [2.05, 4.69) is 0 Å². The van der Waals surface area contributed by atoms with Crippen molar-refractivity contribution >= 4 is 5.97 Å². The van der Waals surface area contributed by atoms with E-state index < -0.39 is 29.4 Å². The fourth-order valence-corrected chi connectivity index (χ4v) is 1.45. The summed E-state index contributed by atoms with van der Waals surface area (Å²) in [7, 11) is 0. The Bertz CT molecular complexity index is 426. The number of hydrogen-bond donors (Lipinski definition) is 1. The average Bonchev–Trinajstić information content (AvgIpc) is 2.15. The van der Waals surface area contributed by atoms with E-state index in [1.165, 1.54) is 6.92 Å². The van der Waals surface area contributed by atoms with E-state index in [0.717, 1.165) is 6.07 Å². The number of aliphatic carboxylic acids is 1. The van der Waals surface area contributed by atoms with E-state index >= 15 is 0 Å². The summed E-state index contributed by atoms with van der Waals surface area (Å²) >= 11 is 0. The Hall–Kier alpha value is -1.59. The van der Waals surface area contributed by atoms with Gasteiger partial charge in [-0.2, -0.15) is 13.2 Å². The van der Waals surface area contributed by atoms with E-state index in [0.29, 0.717) is 12.1 Å². The summed E-state index contributed by atoms with van der Waals surface area (Å²) in [5.74, 6) is -3.08. The number of carbonyl (C=O) groups is 1. The third kappa shape index (κ3) is 3.44. The highest BCUT2D eigenvalue weighted by atomic mass is 19.4. The van der Waals surface area contributed by atoms with Crippen LogP contribution in [-0.4, -0.2) is 11.1 Å². The highest BCUT2D eigenvalue weighted by Gasteiger charge is 2.34. The predicted octanol–water partition coefficient (Wildman–Crippen LogP) is 3.42. The molecule has 2 nitrogen and oxygen atoms in total. The lowest BCUT2D eigenvalue weighted by atomic mass is 9.96. The molecule has 17 heavy (non-hydrogen) atoms. The Balaban J connectivity index is 3.08. The number of benzene rings is 1. The summed E-state index contributed by atoms with van der Waals surface area (Å²) in [5, 5.41) is 8.53. The summed E-state index contributed by atoms with van der Waals surface area (Å²) in [6.45, 7) is 1.47. The molecular formula is C11H10F4O2. The average molecular weight is 250 g/mol. The van der Waals surface area contributed by atoms with Crippen molar-refractivity contribution in [1.29, 1.82) is 0 Å². The topological polar surface area (TPSA) is 37.3 Å². The molecule has 6 heteroatoms. The van der Waals surface area contributed by atoms with Crippen molar-refractivity contribution in [2.24, 2.45) is 0 Å². The molecule has 0 fully saturated rings. The minimum absolute atomic E-state index is 0.154. The SMILES string of the molecule is CC(CC(=O)O)c1ccc(F)c(C(F)(F)F)c1. The van der Waals surface area contributed by atoms with Gasteiger partial charge in [-0.25, -0.2) is 4.39 Å². The first kappa shape index (κ1) is 13.5. The highest BCUT2D eigenvalue weighted by Crippen LogP contribution is 2.33. The fourth-order valence-electron chi connectivity index (χ4n) is 1.45. The van der Waals surface area contributed by atoms with Crippen LogP contribution in [0, 0.1) is 5.82 Å². The van der Waals surface area contributed by atoms with Crippen LogP contribution in [0.5, 0.6) is 0 Å². The molecule has 0 aliphatic carbocycles. The van der Waals surface area contributed by atoms with Crippen LogP contribution in [0.15, 0.2) is 18.2 Å². The van der Waals surface area contributed by atoms with Crippen LogP contribution in [0.1, 0.15) is 30.4 Å².